The maximum atomic E-state index is 12.6. The van der Waals surface area contributed by atoms with Gasteiger partial charge in [0.2, 0.25) is 5.89 Å². The van der Waals surface area contributed by atoms with Crippen molar-refractivity contribution in [2.75, 3.05) is 6.26 Å². The summed E-state index contributed by atoms with van der Waals surface area (Å²) in [4.78, 5) is 7.74. The van der Waals surface area contributed by atoms with Gasteiger partial charge in [-0.05, 0) is 18.4 Å². The molecular weight excluding hydrogens is 234 g/mol. The first-order chi connectivity index (χ1) is 7.72. The zero-order chi connectivity index (χ0) is 11.5. The van der Waals surface area contributed by atoms with Crippen molar-refractivity contribution in [1.29, 1.82) is 0 Å². The van der Waals surface area contributed by atoms with Crippen LogP contribution in [0.4, 0.5) is 8.78 Å². The van der Waals surface area contributed by atoms with Crippen molar-refractivity contribution in [1.82, 2.24) is 9.97 Å². The molecule has 2 rings (SSSR count). The average Bonchev–Trinajstić information content (AvgIpc) is 2.74. The first-order valence-corrected chi connectivity index (χ1v) is 5.69. The molecule has 0 amide bonds. The second-order valence-electron chi connectivity index (χ2n) is 2.91. The lowest BCUT2D eigenvalue weighted by Crippen LogP contribution is -1.87. The molecule has 2 aromatic heterocycles. The molecule has 0 aliphatic rings. The lowest BCUT2D eigenvalue weighted by Gasteiger charge is -1.92. The van der Waals surface area contributed by atoms with Crippen LogP contribution in [0.25, 0.3) is 11.6 Å². The molecule has 0 bridgehead atoms. The van der Waals surface area contributed by atoms with Crippen LogP contribution < -0.4 is 0 Å². The summed E-state index contributed by atoms with van der Waals surface area (Å²) < 4.78 is 30.4. The standard InChI is InChI=1S/C10H8F2N2OS/c1-16-10-7(8(11)12)14-9(15-10)6-4-2-3-5-13-6/h2-5,8H,1H3. The van der Waals surface area contributed by atoms with Crippen LogP contribution in [0.5, 0.6) is 0 Å². The number of hydrogen-bond donors (Lipinski definition) is 0. The van der Waals surface area contributed by atoms with Gasteiger partial charge in [0.1, 0.15) is 5.69 Å². The Morgan fingerprint density at radius 2 is 2.19 bits per heavy atom. The van der Waals surface area contributed by atoms with Gasteiger partial charge >= 0.3 is 0 Å². The summed E-state index contributed by atoms with van der Waals surface area (Å²) in [5, 5.41) is 0.135. The van der Waals surface area contributed by atoms with Crippen molar-refractivity contribution in [2.45, 2.75) is 11.5 Å². The fourth-order valence-corrected chi connectivity index (χ4v) is 1.71. The number of thioether (sulfide) groups is 1. The number of nitrogens with zero attached hydrogens (tertiary/aromatic N) is 2. The Bertz CT molecular complexity index is 473. The minimum atomic E-state index is -2.64. The second kappa shape index (κ2) is 4.61. The van der Waals surface area contributed by atoms with Gasteiger partial charge < -0.3 is 4.42 Å². The van der Waals surface area contributed by atoms with Crippen LogP contribution in [-0.4, -0.2) is 16.2 Å². The molecule has 0 aromatic carbocycles. The molecule has 0 N–H and O–H groups in total. The van der Waals surface area contributed by atoms with Gasteiger partial charge in [-0.1, -0.05) is 17.8 Å². The fraction of sp³-hybridized carbons (Fsp3) is 0.200. The number of hydrogen-bond acceptors (Lipinski definition) is 4. The van der Waals surface area contributed by atoms with E-state index in [2.05, 4.69) is 9.97 Å². The van der Waals surface area contributed by atoms with E-state index in [1.807, 2.05) is 0 Å². The lowest BCUT2D eigenvalue weighted by atomic mass is 10.3. The van der Waals surface area contributed by atoms with E-state index in [9.17, 15) is 8.78 Å². The number of pyridine rings is 1. The summed E-state index contributed by atoms with van der Waals surface area (Å²) in [5.41, 5.74) is 0.123. The Morgan fingerprint density at radius 3 is 2.69 bits per heavy atom. The Labute approximate surface area is 94.9 Å². The highest BCUT2D eigenvalue weighted by Gasteiger charge is 2.21. The highest BCUT2D eigenvalue weighted by atomic mass is 32.2. The molecule has 0 aliphatic heterocycles. The first-order valence-electron chi connectivity index (χ1n) is 4.46. The summed E-state index contributed by atoms with van der Waals surface area (Å²) in [6.07, 6.45) is 0.582. The van der Waals surface area contributed by atoms with Gasteiger partial charge in [0.05, 0.1) is 0 Å². The molecule has 0 saturated carbocycles. The van der Waals surface area contributed by atoms with Gasteiger partial charge in [-0.25, -0.2) is 13.8 Å². The Morgan fingerprint density at radius 1 is 1.38 bits per heavy atom. The van der Waals surface area contributed by atoms with E-state index >= 15 is 0 Å². The van der Waals surface area contributed by atoms with Crippen LogP contribution in [0, 0.1) is 0 Å². The van der Waals surface area contributed by atoms with E-state index in [0.717, 1.165) is 11.8 Å². The molecule has 0 unspecified atom stereocenters. The number of aromatic nitrogens is 2. The molecule has 0 saturated heterocycles. The summed E-state index contributed by atoms with van der Waals surface area (Å²) >= 11 is 1.10. The van der Waals surface area contributed by atoms with Crippen molar-refractivity contribution in [3.05, 3.63) is 30.1 Å². The van der Waals surface area contributed by atoms with Crippen LogP contribution >= 0.6 is 11.8 Å². The predicted molar refractivity (Wildman–Crippen MR) is 56.5 cm³/mol. The van der Waals surface area contributed by atoms with Crippen molar-refractivity contribution in [3.8, 4) is 11.6 Å². The quantitative estimate of drug-likeness (QED) is 0.773. The number of rotatable bonds is 3. The first kappa shape index (κ1) is 11.1. The van der Waals surface area contributed by atoms with Gasteiger partial charge in [0.15, 0.2) is 10.8 Å². The molecule has 16 heavy (non-hydrogen) atoms. The highest BCUT2D eigenvalue weighted by Crippen LogP contribution is 2.32. The van der Waals surface area contributed by atoms with Crippen LogP contribution in [0.15, 0.2) is 33.9 Å². The molecule has 2 aromatic rings. The van der Waals surface area contributed by atoms with Crippen molar-refractivity contribution in [2.24, 2.45) is 0 Å². The molecule has 0 spiro atoms. The summed E-state index contributed by atoms with van der Waals surface area (Å²) in [5.74, 6) is 0.125. The van der Waals surface area contributed by atoms with E-state index in [4.69, 9.17) is 4.42 Å². The van der Waals surface area contributed by atoms with Crippen molar-refractivity contribution in [3.63, 3.8) is 0 Å². The van der Waals surface area contributed by atoms with Crippen LogP contribution in [0.3, 0.4) is 0 Å². The van der Waals surface area contributed by atoms with E-state index in [1.165, 1.54) is 0 Å². The maximum absolute atomic E-state index is 12.6. The zero-order valence-corrected chi connectivity index (χ0v) is 9.17. The smallest absolute Gasteiger partial charge is 0.284 e. The monoisotopic (exact) mass is 242 g/mol. The molecule has 3 nitrogen and oxygen atoms in total. The summed E-state index contributed by atoms with van der Waals surface area (Å²) in [7, 11) is 0. The normalized spacial score (nSPS) is 11.0. The Balaban J connectivity index is 2.44. The molecule has 0 fully saturated rings. The average molecular weight is 242 g/mol. The number of halogens is 2. The number of alkyl halides is 2. The molecule has 0 atom stereocenters. The Kier molecular flexibility index (Phi) is 3.19. The van der Waals surface area contributed by atoms with Crippen molar-refractivity contribution < 1.29 is 13.2 Å². The maximum Gasteiger partial charge on any atom is 0.284 e. The fourth-order valence-electron chi connectivity index (χ4n) is 1.20. The summed E-state index contributed by atoms with van der Waals surface area (Å²) in [6.45, 7) is 0. The van der Waals surface area contributed by atoms with Crippen LogP contribution in [0.1, 0.15) is 12.1 Å². The van der Waals surface area contributed by atoms with Gasteiger partial charge in [0.25, 0.3) is 6.43 Å². The molecule has 6 heteroatoms. The van der Waals surface area contributed by atoms with Gasteiger partial charge in [-0.15, -0.1) is 0 Å². The topological polar surface area (TPSA) is 38.9 Å². The minimum absolute atomic E-state index is 0.125. The van der Waals surface area contributed by atoms with Gasteiger partial charge in [0, 0.05) is 6.20 Å². The van der Waals surface area contributed by atoms with E-state index < -0.39 is 6.43 Å². The zero-order valence-electron chi connectivity index (χ0n) is 8.35. The third kappa shape index (κ3) is 2.06. The van der Waals surface area contributed by atoms with E-state index in [-0.39, 0.29) is 16.7 Å². The molecular formula is C10H8F2N2OS. The van der Waals surface area contributed by atoms with E-state index in [0.29, 0.717) is 5.69 Å². The molecule has 84 valence electrons. The molecule has 2 heterocycles. The highest BCUT2D eigenvalue weighted by molar-refractivity contribution is 7.98. The largest absolute Gasteiger partial charge is 0.428 e. The van der Waals surface area contributed by atoms with Gasteiger partial charge in [-0.3, -0.25) is 4.98 Å². The minimum Gasteiger partial charge on any atom is -0.428 e. The lowest BCUT2D eigenvalue weighted by molar-refractivity contribution is 0.141. The van der Waals surface area contributed by atoms with Gasteiger partial charge in [-0.2, -0.15) is 0 Å². The Hall–Kier alpha value is -1.43. The third-order valence-electron chi connectivity index (χ3n) is 1.90. The predicted octanol–water partition coefficient (Wildman–Crippen LogP) is 3.40. The third-order valence-corrected chi connectivity index (χ3v) is 2.56. The van der Waals surface area contributed by atoms with Crippen LogP contribution in [-0.2, 0) is 0 Å². The van der Waals surface area contributed by atoms with Crippen LogP contribution in [0.2, 0.25) is 0 Å². The molecule has 0 radical (unpaired) electrons. The summed E-state index contributed by atoms with van der Waals surface area (Å²) in [6, 6.07) is 5.13. The number of oxazole rings is 1. The van der Waals surface area contributed by atoms with Crippen molar-refractivity contribution >= 4 is 11.8 Å². The van der Waals surface area contributed by atoms with E-state index in [1.54, 1.807) is 30.7 Å². The SMILES string of the molecule is CSc1oc(-c2ccccn2)nc1C(F)F. The molecule has 0 aliphatic carbocycles. The second-order valence-corrected chi connectivity index (χ2v) is 3.69.